The lowest BCUT2D eigenvalue weighted by molar-refractivity contribution is 0.0691. The van der Waals surface area contributed by atoms with Crippen molar-refractivity contribution in [1.29, 1.82) is 0 Å². The van der Waals surface area contributed by atoms with Crippen molar-refractivity contribution in [1.82, 2.24) is 9.55 Å². The van der Waals surface area contributed by atoms with Gasteiger partial charge in [0.05, 0.1) is 6.33 Å². The van der Waals surface area contributed by atoms with Crippen molar-refractivity contribution in [2.45, 2.75) is 17.4 Å². The van der Waals surface area contributed by atoms with Crippen LogP contribution in [0.5, 0.6) is 0 Å². The minimum Gasteiger partial charge on any atom is -0.476 e. The minimum atomic E-state index is -0.977. The number of benzene rings is 1. The van der Waals surface area contributed by atoms with E-state index in [-0.39, 0.29) is 5.69 Å². The fraction of sp³-hybridized carbons (Fsp3) is 0.231. The molecule has 0 saturated carbocycles. The Hall–Kier alpha value is -1.75. The second kappa shape index (κ2) is 4.49. The average molecular weight is 260 g/mol. The average Bonchev–Trinajstić information content (AvgIpc) is 2.98. The summed E-state index contributed by atoms with van der Waals surface area (Å²) in [6, 6.07) is 8.38. The van der Waals surface area contributed by atoms with Gasteiger partial charge in [0.25, 0.3) is 0 Å². The molecule has 92 valence electrons. The summed E-state index contributed by atoms with van der Waals surface area (Å²) in [4.78, 5) is 16.0. The van der Waals surface area contributed by atoms with Crippen molar-refractivity contribution in [3.63, 3.8) is 0 Å². The number of imidazole rings is 1. The van der Waals surface area contributed by atoms with E-state index in [2.05, 4.69) is 17.1 Å². The lowest BCUT2D eigenvalue weighted by Gasteiger charge is -2.10. The molecule has 18 heavy (non-hydrogen) atoms. The van der Waals surface area contributed by atoms with Crippen LogP contribution in [0.1, 0.15) is 22.0 Å². The van der Waals surface area contributed by atoms with Gasteiger partial charge in [-0.05, 0) is 11.6 Å². The number of nitrogens with zero attached hydrogens (tertiary/aromatic N) is 2. The van der Waals surface area contributed by atoms with Crippen LogP contribution in [0, 0.1) is 0 Å². The van der Waals surface area contributed by atoms with Crippen LogP contribution >= 0.6 is 11.8 Å². The van der Waals surface area contributed by atoms with Crippen LogP contribution < -0.4 is 0 Å². The third-order valence-electron chi connectivity index (χ3n) is 3.08. The summed E-state index contributed by atoms with van der Waals surface area (Å²) in [5.41, 5.74) is 1.46. The molecule has 1 aliphatic rings. The maximum Gasteiger partial charge on any atom is 0.356 e. The van der Waals surface area contributed by atoms with Crippen molar-refractivity contribution < 1.29 is 9.90 Å². The first-order valence-electron chi connectivity index (χ1n) is 5.71. The van der Waals surface area contributed by atoms with E-state index in [9.17, 15) is 4.79 Å². The Labute approximate surface area is 109 Å². The molecule has 2 aromatic rings. The van der Waals surface area contributed by atoms with E-state index in [1.54, 1.807) is 12.5 Å². The summed E-state index contributed by atoms with van der Waals surface area (Å²) < 4.78 is 1.86. The molecule has 1 aliphatic heterocycles. The summed E-state index contributed by atoms with van der Waals surface area (Å²) in [6.07, 6.45) is 3.18. The first-order chi connectivity index (χ1) is 8.74. The largest absolute Gasteiger partial charge is 0.476 e. The molecule has 1 aromatic carbocycles. The number of aromatic carboxylic acids is 1. The standard InChI is InChI=1S/C13H12N2O2S/c16-13(17)11-6-15(8-14-11)5-9-7-18-12-4-2-1-3-10(9)12/h1-4,6,8-9H,5,7H2,(H,16,17). The molecule has 0 fully saturated rings. The van der Waals surface area contributed by atoms with Gasteiger partial charge in [0.1, 0.15) is 0 Å². The van der Waals surface area contributed by atoms with E-state index in [4.69, 9.17) is 5.11 Å². The van der Waals surface area contributed by atoms with Crippen molar-refractivity contribution in [3.05, 3.63) is 48.0 Å². The Morgan fingerprint density at radius 1 is 1.50 bits per heavy atom. The molecular formula is C13H12N2O2S. The fourth-order valence-electron chi connectivity index (χ4n) is 2.21. The number of carboxylic acid groups (broad SMARTS) is 1. The number of fused-ring (bicyclic) bond motifs is 1. The van der Waals surface area contributed by atoms with Gasteiger partial charge < -0.3 is 9.67 Å². The molecule has 0 amide bonds. The second-order valence-corrected chi connectivity index (χ2v) is 5.37. The van der Waals surface area contributed by atoms with E-state index in [1.807, 2.05) is 28.5 Å². The van der Waals surface area contributed by atoms with Gasteiger partial charge >= 0.3 is 5.97 Å². The van der Waals surface area contributed by atoms with E-state index >= 15 is 0 Å². The molecule has 1 N–H and O–H groups in total. The molecule has 0 spiro atoms. The maximum absolute atomic E-state index is 10.8. The zero-order valence-electron chi connectivity index (χ0n) is 9.61. The number of aromatic nitrogens is 2. The highest BCUT2D eigenvalue weighted by Crippen LogP contribution is 2.39. The quantitative estimate of drug-likeness (QED) is 0.921. The lowest BCUT2D eigenvalue weighted by atomic mass is 10.0. The van der Waals surface area contributed by atoms with Gasteiger partial charge in [-0.25, -0.2) is 9.78 Å². The molecule has 1 unspecified atom stereocenters. The monoisotopic (exact) mass is 260 g/mol. The predicted octanol–water partition coefficient (Wildman–Crippen LogP) is 2.47. The molecule has 3 rings (SSSR count). The molecule has 0 saturated heterocycles. The first kappa shape index (κ1) is 11.3. The third kappa shape index (κ3) is 2.01. The van der Waals surface area contributed by atoms with Gasteiger partial charge in [-0.1, -0.05) is 18.2 Å². The molecular weight excluding hydrogens is 248 g/mol. The van der Waals surface area contributed by atoms with Crippen LogP contribution in [0.15, 0.2) is 41.7 Å². The van der Waals surface area contributed by atoms with Gasteiger partial charge in [0, 0.05) is 29.3 Å². The molecule has 5 heteroatoms. The van der Waals surface area contributed by atoms with Crippen LogP contribution in [0.3, 0.4) is 0 Å². The number of hydrogen-bond acceptors (Lipinski definition) is 3. The Kier molecular flexibility index (Phi) is 2.83. The van der Waals surface area contributed by atoms with E-state index in [0.29, 0.717) is 5.92 Å². The van der Waals surface area contributed by atoms with Gasteiger partial charge in [-0.3, -0.25) is 0 Å². The predicted molar refractivity (Wildman–Crippen MR) is 69.1 cm³/mol. The van der Waals surface area contributed by atoms with Crippen LogP contribution in [0.25, 0.3) is 0 Å². The second-order valence-electron chi connectivity index (χ2n) is 4.31. The number of carbonyl (C=O) groups is 1. The van der Waals surface area contributed by atoms with Gasteiger partial charge in [-0.15, -0.1) is 11.8 Å². The molecule has 2 heterocycles. The Morgan fingerprint density at radius 3 is 3.11 bits per heavy atom. The highest BCUT2D eigenvalue weighted by atomic mass is 32.2. The minimum absolute atomic E-state index is 0.105. The summed E-state index contributed by atoms with van der Waals surface area (Å²) >= 11 is 1.86. The highest BCUT2D eigenvalue weighted by molar-refractivity contribution is 7.99. The van der Waals surface area contributed by atoms with Crippen LogP contribution in [0.4, 0.5) is 0 Å². The van der Waals surface area contributed by atoms with Crippen LogP contribution in [-0.2, 0) is 6.54 Å². The van der Waals surface area contributed by atoms with Crippen molar-refractivity contribution in [3.8, 4) is 0 Å². The molecule has 0 aliphatic carbocycles. The van der Waals surface area contributed by atoms with E-state index < -0.39 is 5.97 Å². The van der Waals surface area contributed by atoms with E-state index in [0.717, 1.165) is 12.3 Å². The smallest absolute Gasteiger partial charge is 0.356 e. The summed E-state index contributed by atoms with van der Waals surface area (Å²) in [6.45, 7) is 0.782. The van der Waals surface area contributed by atoms with Gasteiger partial charge in [0.2, 0.25) is 0 Å². The molecule has 4 nitrogen and oxygen atoms in total. The summed E-state index contributed by atoms with van der Waals surface area (Å²) in [5, 5.41) is 8.84. The van der Waals surface area contributed by atoms with E-state index in [1.165, 1.54) is 10.5 Å². The highest BCUT2D eigenvalue weighted by Gasteiger charge is 2.23. The normalized spacial score (nSPS) is 17.7. The Bertz CT molecular complexity index is 594. The van der Waals surface area contributed by atoms with Gasteiger partial charge in [-0.2, -0.15) is 0 Å². The van der Waals surface area contributed by atoms with Gasteiger partial charge in [0.15, 0.2) is 5.69 Å². The number of thioether (sulfide) groups is 1. The number of carboxylic acids is 1. The Balaban J connectivity index is 1.80. The third-order valence-corrected chi connectivity index (χ3v) is 4.33. The molecule has 0 bridgehead atoms. The van der Waals surface area contributed by atoms with Crippen molar-refractivity contribution in [2.24, 2.45) is 0 Å². The molecule has 1 atom stereocenters. The molecule has 0 radical (unpaired) electrons. The van der Waals surface area contributed by atoms with Crippen molar-refractivity contribution >= 4 is 17.7 Å². The summed E-state index contributed by atoms with van der Waals surface area (Å²) in [7, 11) is 0. The molecule has 1 aromatic heterocycles. The Morgan fingerprint density at radius 2 is 2.33 bits per heavy atom. The van der Waals surface area contributed by atoms with Crippen LogP contribution in [0.2, 0.25) is 0 Å². The topological polar surface area (TPSA) is 55.1 Å². The number of hydrogen-bond donors (Lipinski definition) is 1. The first-order valence-corrected chi connectivity index (χ1v) is 6.69. The SMILES string of the molecule is O=C(O)c1cn(CC2CSc3ccccc32)cn1. The fourth-order valence-corrected chi connectivity index (χ4v) is 3.45. The summed E-state index contributed by atoms with van der Waals surface area (Å²) in [5.74, 6) is 0.497. The van der Waals surface area contributed by atoms with Crippen molar-refractivity contribution in [2.75, 3.05) is 5.75 Å². The maximum atomic E-state index is 10.8. The van der Waals surface area contributed by atoms with Crippen LogP contribution in [-0.4, -0.2) is 26.4 Å². The zero-order chi connectivity index (χ0) is 12.5. The lowest BCUT2D eigenvalue weighted by Crippen LogP contribution is -2.07. The zero-order valence-corrected chi connectivity index (χ0v) is 10.4. The number of rotatable bonds is 3.